The Balaban J connectivity index is 1.32. The van der Waals surface area contributed by atoms with E-state index in [1.807, 2.05) is 30.3 Å². The van der Waals surface area contributed by atoms with Crippen LogP contribution in [0.4, 0.5) is 11.4 Å². The Morgan fingerprint density at radius 2 is 1.80 bits per heavy atom. The molecule has 1 fully saturated rings. The molecule has 2 heterocycles. The number of benzene rings is 2. The number of anilines is 2. The van der Waals surface area contributed by atoms with Crippen LogP contribution >= 0.6 is 11.8 Å². The average Bonchev–Trinajstić information content (AvgIpc) is 2.78. The number of nitrogens with zero attached hydrogens (tertiary/aromatic N) is 2. The molecule has 1 saturated heterocycles. The van der Waals surface area contributed by atoms with Crippen molar-refractivity contribution in [3.05, 3.63) is 54.1 Å². The van der Waals surface area contributed by atoms with E-state index in [0.717, 1.165) is 10.6 Å². The summed E-state index contributed by atoms with van der Waals surface area (Å²) in [4.78, 5) is 40.4. The lowest BCUT2D eigenvalue weighted by Crippen LogP contribution is -2.48. The van der Waals surface area contributed by atoms with E-state index >= 15 is 0 Å². The van der Waals surface area contributed by atoms with Crippen LogP contribution in [0.3, 0.4) is 0 Å². The summed E-state index contributed by atoms with van der Waals surface area (Å²) in [5.74, 6) is -0.800. The molecule has 0 bridgehead atoms. The number of para-hydroxylation sites is 1. The Labute approximate surface area is 178 Å². The van der Waals surface area contributed by atoms with Crippen molar-refractivity contribution in [2.75, 3.05) is 23.7 Å². The first kappa shape index (κ1) is 20.0. The van der Waals surface area contributed by atoms with Gasteiger partial charge in [-0.2, -0.15) is 5.26 Å². The number of nitriles is 1. The van der Waals surface area contributed by atoms with Crippen molar-refractivity contribution in [1.29, 1.82) is 5.26 Å². The molecule has 2 aromatic carbocycles. The van der Waals surface area contributed by atoms with E-state index in [2.05, 4.69) is 10.6 Å². The summed E-state index contributed by atoms with van der Waals surface area (Å²) < 4.78 is 0. The number of likely N-dealkylation sites (tertiary alicyclic amines) is 1. The predicted molar refractivity (Wildman–Crippen MR) is 114 cm³/mol. The molecule has 8 heteroatoms. The van der Waals surface area contributed by atoms with Gasteiger partial charge >= 0.3 is 0 Å². The van der Waals surface area contributed by atoms with E-state index in [1.165, 1.54) is 11.8 Å². The molecule has 0 radical (unpaired) electrons. The number of fused-ring (bicyclic) bond motifs is 1. The summed E-state index contributed by atoms with van der Waals surface area (Å²) >= 11 is 1.27. The first-order chi connectivity index (χ1) is 14.5. The van der Waals surface area contributed by atoms with Gasteiger partial charge in [0.2, 0.25) is 17.7 Å². The van der Waals surface area contributed by atoms with Crippen molar-refractivity contribution in [2.45, 2.75) is 23.0 Å². The monoisotopic (exact) mass is 420 g/mol. The molecule has 2 aliphatic rings. The number of nitrogens with one attached hydrogen (secondary N) is 2. The zero-order chi connectivity index (χ0) is 21.1. The highest BCUT2D eigenvalue weighted by molar-refractivity contribution is 8.01. The van der Waals surface area contributed by atoms with Gasteiger partial charge in [-0.15, -0.1) is 11.8 Å². The lowest BCUT2D eigenvalue weighted by molar-refractivity contribution is -0.136. The summed E-state index contributed by atoms with van der Waals surface area (Å²) in [6.45, 7) is 0.882. The smallest absolute Gasteiger partial charge is 0.247 e. The third kappa shape index (κ3) is 4.16. The Morgan fingerprint density at radius 3 is 2.50 bits per heavy atom. The molecule has 2 aliphatic heterocycles. The second-order valence-corrected chi connectivity index (χ2v) is 8.41. The number of rotatable bonds is 3. The van der Waals surface area contributed by atoms with E-state index in [-0.39, 0.29) is 23.6 Å². The molecule has 0 saturated carbocycles. The molecule has 1 atom stereocenters. The van der Waals surface area contributed by atoms with Gasteiger partial charge in [0.15, 0.2) is 5.25 Å². The third-order valence-corrected chi connectivity index (χ3v) is 6.57. The van der Waals surface area contributed by atoms with Gasteiger partial charge in [-0.25, -0.2) is 0 Å². The van der Waals surface area contributed by atoms with Crippen LogP contribution in [0.25, 0.3) is 0 Å². The molecule has 0 spiro atoms. The van der Waals surface area contributed by atoms with Crippen LogP contribution < -0.4 is 10.6 Å². The number of hydrogen-bond acceptors (Lipinski definition) is 5. The van der Waals surface area contributed by atoms with Gasteiger partial charge in [-0.1, -0.05) is 12.1 Å². The van der Waals surface area contributed by atoms with Crippen molar-refractivity contribution >= 4 is 40.9 Å². The van der Waals surface area contributed by atoms with Gasteiger partial charge in [0.25, 0.3) is 0 Å². The number of piperidine rings is 1. The Morgan fingerprint density at radius 1 is 1.10 bits per heavy atom. The molecular formula is C22H20N4O3S. The second-order valence-electron chi connectivity index (χ2n) is 7.26. The van der Waals surface area contributed by atoms with Crippen LogP contribution in [0.2, 0.25) is 0 Å². The topological polar surface area (TPSA) is 102 Å². The van der Waals surface area contributed by atoms with Crippen LogP contribution in [0.5, 0.6) is 0 Å². The van der Waals surface area contributed by atoms with E-state index in [4.69, 9.17) is 5.26 Å². The lowest BCUT2D eigenvalue weighted by atomic mass is 9.95. The minimum Gasteiger partial charge on any atom is -0.341 e. The maximum absolute atomic E-state index is 12.9. The molecule has 0 aliphatic carbocycles. The molecule has 152 valence electrons. The number of amides is 3. The molecule has 3 amide bonds. The lowest BCUT2D eigenvalue weighted by Gasteiger charge is -2.34. The fourth-order valence-corrected chi connectivity index (χ4v) is 4.69. The standard InChI is InChI=1S/C22H20N4O3S/c23-13-14-5-7-16(8-6-14)24-20(27)15-9-11-26(12-10-15)22(29)19-21(28)25-17-3-1-2-4-18(17)30-19/h1-8,15,19H,9-12H2,(H,24,27)(H,25,28)/t19-/m1/s1. The second kappa shape index (κ2) is 8.59. The van der Waals surface area contributed by atoms with Crippen molar-refractivity contribution < 1.29 is 14.4 Å². The van der Waals surface area contributed by atoms with Gasteiger partial charge in [-0.05, 0) is 49.2 Å². The number of hydrogen-bond donors (Lipinski definition) is 2. The zero-order valence-corrected chi connectivity index (χ0v) is 16.9. The molecule has 30 heavy (non-hydrogen) atoms. The van der Waals surface area contributed by atoms with Crippen LogP contribution in [-0.4, -0.2) is 41.0 Å². The van der Waals surface area contributed by atoms with Crippen LogP contribution in [0.15, 0.2) is 53.4 Å². The van der Waals surface area contributed by atoms with Crippen molar-refractivity contribution in [2.24, 2.45) is 5.92 Å². The van der Waals surface area contributed by atoms with Crippen LogP contribution in [-0.2, 0) is 14.4 Å². The van der Waals surface area contributed by atoms with Gasteiger partial charge in [0.05, 0.1) is 17.3 Å². The maximum Gasteiger partial charge on any atom is 0.247 e. The Hall–Kier alpha value is -3.31. The summed E-state index contributed by atoms with van der Waals surface area (Å²) in [5.41, 5.74) is 1.91. The van der Waals surface area contributed by atoms with Gasteiger partial charge < -0.3 is 15.5 Å². The molecule has 0 unspecified atom stereocenters. The van der Waals surface area contributed by atoms with Crippen molar-refractivity contribution in [3.63, 3.8) is 0 Å². The van der Waals surface area contributed by atoms with Crippen molar-refractivity contribution in [3.8, 4) is 6.07 Å². The summed E-state index contributed by atoms with van der Waals surface area (Å²) in [7, 11) is 0. The normalized spacial score (nSPS) is 18.7. The molecule has 2 N–H and O–H groups in total. The van der Waals surface area contributed by atoms with Gasteiger partial charge in [-0.3, -0.25) is 14.4 Å². The quantitative estimate of drug-likeness (QED) is 0.744. The number of thioether (sulfide) groups is 1. The minimum absolute atomic E-state index is 0.0921. The highest BCUT2D eigenvalue weighted by atomic mass is 32.2. The maximum atomic E-state index is 12.9. The van der Waals surface area contributed by atoms with E-state index in [1.54, 1.807) is 29.2 Å². The summed E-state index contributed by atoms with van der Waals surface area (Å²) in [5, 5.41) is 13.7. The summed E-state index contributed by atoms with van der Waals surface area (Å²) in [6.07, 6.45) is 1.09. The Kier molecular flexibility index (Phi) is 5.72. The first-order valence-corrected chi connectivity index (χ1v) is 10.6. The summed E-state index contributed by atoms with van der Waals surface area (Å²) in [6, 6.07) is 16.2. The number of carbonyl (C=O) groups excluding carboxylic acids is 3. The van der Waals surface area contributed by atoms with E-state index in [0.29, 0.717) is 37.2 Å². The average molecular weight is 420 g/mol. The molecule has 2 aromatic rings. The molecule has 0 aromatic heterocycles. The fourth-order valence-electron chi connectivity index (χ4n) is 3.61. The molecule has 4 rings (SSSR count). The van der Waals surface area contributed by atoms with Gasteiger partial charge in [0, 0.05) is 29.6 Å². The van der Waals surface area contributed by atoms with Crippen molar-refractivity contribution in [1.82, 2.24) is 4.90 Å². The molecular weight excluding hydrogens is 400 g/mol. The highest BCUT2D eigenvalue weighted by Crippen LogP contribution is 2.36. The van der Waals surface area contributed by atoms with E-state index in [9.17, 15) is 14.4 Å². The Bertz CT molecular complexity index is 1020. The zero-order valence-electron chi connectivity index (χ0n) is 16.1. The number of carbonyl (C=O) groups is 3. The molecule has 7 nitrogen and oxygen atoms in total. The predicted octanol–water partition coefficient (Wildman–Crippen LogP) is 2.85. The SMILES string of the molecule is N#Cc1ccc(NC(=O)C2CCN(C(=O)[C@@H]3Sc4ccccc4NC3=O)CC2)cc1. The minimum atomic E-state index is -0.802. The van der Waals surface area contributed by atoms with Crippen LogP contribution in [0.1, 0.15) is 18.4 Å². The van der Waals surface area contributed by atoms with Gasteiger partial charge in [0.1, 0.15) is 0 Å². The van der Waals surface area contributed by atoms with Crippen LogP contribution in [0, 0.1) is 17.2 Å². The van der Waals surface area contributed by atoms with E-state index < -0.39 is 5.25 Å². The highest BCUT2D eigenvalue weighted by Gasteiger charge is 2.37. The largest absolute Gasteiger partial charge is 0.341 e. The first-order valence-electron chi connectivity index (χ1n) is 9.71. The fraction of sp³-hybridized carbons (Fsp3) is 0.273. The third-order valence-electron chi connectivity index (χ3n) is 5.31.